The summed E-state index contributed by atoms with van der Waals surface area (Å²) < 4.78 is 13.7. The average Bonchev–Trinajstić information content (AvgIpc) is 3.38. The van der Waals surface area contributed by atoms with E-state index in [-0.39, 0.29) is 28.6 Å². The van der Waals surface area contributed by atoms with Crippen molar-refractivity contribution >= 4 is 22.8 Å². The van der Waals surface area contributed by atoms with Crippen molar-refractivity contribution in [2.24, 2.45) is 0 Å². The predicted octanol–water partition coefficient (Wildman–Crippen LogP) is 4.67. The van der Waals surface area contributed by atoms with Crippen LogP contribution >= 0.6 is 0 Å². The zero-order chi connectivity index (χ0) is 24.6. The molecule has 1 aromatic heterocycles. The molecule has 0 aliphatic carbocycles. The molecule has 0 saturated carbocycles. The lowest BCUT2D eigenvalue weighted by molar-refractivity contribution is 0.0366. The fourth-order valence-electron chi connectivity index (χ4n) is 5.09. The number of aromatic hydroxyl groups is 2. The highest BCUT2D eigenvalue weighted by Crippen LogP contribution is 2.42. The Balaban J connectivity index is 1.49. The summed E-state index contributed by atoms with van der Waals surface area (Å²) >= 11 is 0. The van der Waals surface area contributed by atoms with Gasteiger partial charge in [-0.3, -0.25) is 9.69 Å². The van der Waals surface area contributed by atoms with Crippen LogP contribution in [0.15, 0.2) is 72.5 Å². The number of allylic oxidation sites excluding steroid dienone is 1. The largest absolute Gasteiger partial charge is 0.508 e. The van der Waals surface area contributed by atoms with Crippen LogP contribution in [0.3, 0.4) is 0 Å². The van der Waals surface area contributed by atoms with E-state index in [2.05, 4.69) is 33.7 Å². The summed E-state index contributed by atoms with van der Waals surface area (Å²) in [4.78, 5) is 15.6. The van der Waals surface area contributed by atoms with Gasteiger partial charge < -0.3 is 24.3 Å². The first kappa shape index (κ1) is 22.4. The Kier molecular flexibility index (Phi) is 5.71. The standard InChI is InChI=1S/C29H26N2O5/c32-20-16-24(33)27-25(17-20)36-26(29(27)34)18-22-21-8-4-5-9-23(21)31(11-10-30-12-14-35-15-13-30)28(22)19-6-2-1-3-7-19/h1-9,16-18,32-33H,10-15H2. The first-order chi connectivity index (χ1) is 17.6. The lowest BCUT2D eigenvalue weighted by Crippen LogP contribution is -2.38. The molecule has 36 heavy (non-hydrogen) atoms. The molecule has 1 saturated heterocycles. The van der Waals surface area contributed by atoms with Crippen molar-refractivity contribution in [3.05, 3.63) is 83.6 Å². The highest BCUT2D eigenvalue weighted by Gasteiger charge is 2.32. The smallest absolute Gasteiger partial charge is 0.235 e. The van der Waals surface area contributed by atoms with E-state index in [0.29, 0.717) is 0 Å². The number of phenols is 2. The second kappa shape index (κ2) is 9.18. The summed E-state index contributed by atoms with van der Waals surface area (Å²) in [5.74, 6) is -0.605. The van der Waals surface area contributed by atoms with Crippen LogP contribution in [-0.4, -0.2) is 58.3 Å². The third-order valence-corrected chi connectivity index (χ3v) is 6.81. The minimum atomic E-state index is -0.411. The van der Waals surface area contributed by atoms with Gasteiger partial charge in [-0.25, -0.2) is 0 Å². The number of ketones is 1. The second-order valence-corrected chi connectivity index (χ2v) is 9.03. The fourth-order valence-corrected chi connectivity index (χ4v) is 5.09. The number of hydrogen-bond donors (Lipinski definition) is 2. The van der Waals surface area contributed by atoms with Crippen LogP contribution in [0.2, 0.25) is 0 Å². The van der Waals surface area contributed by atoms with Crippen LogP contribution in [0, 0.1) is 0 Å². The van der Waals surface area contributed by atoms with Gasteiger partial charge in [-0.2, -0.15) is 0 Å². The molecule has 0 radical (unpaired) electrons. The van der Waals surface area contributed by atoms with Gasteiger partial charge in [0, 0.05) is 54.8 Å². The van der Waals surface area contributed by atoms with Crippen molar-refractivity contribution in [1.29, 1.82) is 0 Å². The van der Waals surface area contributed by atoms with Crippen LogP contribution in [0.1, 0.15) is 15.9 Å². The normalized spacial score (nSPS) is 17.0. The molecular formula is C29H26N2O5. The van der Waals surface area contributed by atoms with Crippen LogP contribution in [0.4, 0.5) is 0 Å². The zero-order valence-electron chi connectivity index (χ0n) is 19.7. The minimum absolute atomic E-state index is 0.0661. The van der Waals surface area contributed by atoms with E-state index in [9.17, 15) is 15.0 Å². The number of hydrogen-bond acceptors (Lipinski definition) is 6. The number of ether oxygens (including phenoxy) is 2. The molecule has 7 nitrogen and oxygen atoms in total. The lowest BCUT2D eigenvalue weighted by Gasteiger charge is -2.27. The van der Waals surface area contributed by atoms with Gasteiger partial charge in [-0.05, 0) is 17.7 Å². The first-order valence-corrected chi connectivity index (χ1v) is 12.1. The monoisotopic (exact) mass is 482 g/mol. The maximum absolute atomic E-state index is 13.2. The summed E-state index contributed by atoms with van der Waals surface area (Å²) in [6.45, 7) is 4.97. The predicted molar refractivity (Wildman–Crippen MR) is 137 cm³/mol. The lowest BCUT2D eigenvalue weighted by atomic mass is 10.0. The Morgan fingerprint density at radius 3 is 2.47 bits per heavy atom. The van der Waals surface area contributed by atoms with Crippen molar-refractivity contribution in [3.8, 4) is 28.5 Å². The molecule has 182 valence electrons. The molecule has 3 heterocycles. The summed E-state index contributed by atoms with van der Waals surface area (Å²) in [5.41, 5.74) is 4.04. The van der Waals surface area contributed by atoms with Crippen molar-refractivity contribution in [1.82, 2.24) is 9.47 Å². The van der Waals surface area contributed by atoms with Gasteiger partial charge in [0.25, 0.3) is 0 Å². The Labute approximate surface area is 208 Å². The zero-order valence-corrected chi connectivity index (χ0v) is 19.7. The molecule has 2 N–H and O–H groups in total. The fraction of sp³-hybridized carbons (Fsp3) is 0.207. The maximum atomic E-state index is 13.2. The van der Waals surface area contributed by atoms with Gasteiger partial charge >= 0.3 is 0 Å². The van der Waals surface area contributed by atoms with Gasteiger partial charge in [0.15, 0.2) is 5.76 Å². The second-order valence-electron chi connectivity index (χ2n) is 9.03. The topological polar surface area (TPSA) is 84.2 Å². The molecule has 4 aromatic rings. The highest BCUT2D eigenvalue weighted by atomic mass is 16.5. The molecule has 3 aromatic carbocycles. The number of fused-ring (bicyclic) bond motifs is 2. The van der Waals surface area contributed by atoms with Crippen LogP contribution < -0.4 is 4.74 Å². The molecule has 2 aliphatic heterocycles. The van der Waals surface area contributed by atoms with Crippen LogP contribution in [-0.2, 0) is 11.3 Å². The van der Waals surface area contributed by atoms with Crippen molar-refractivity contribution in [2.75, 3.05) is 32.8 Å². The number of para-hydroxylation sites is 1. The minimum Gasteiger partial charge on any atom is -0.508 e. The van der Waals surface area contributed by atoms with E-state index in [0.717, 1.165) is 73.2 Å². The molecule has 6 rings (SSSR count). The van der Waals surface area contributed by atoms with E-state index < -0.39 is 5.78 Å². The van der Waals surface area contributed by atoms with E-state index in [1.54, 1.807) is 6.08 Å². The molecule has 0 bridgehead atoms. The Morgan fingerprint density at radius 1 is 0.917 bits per heavy atom. The number of benzene rings is 3. The highest BCUT2D eigenvalue weighted by molar-refractivity contribution is 6.17. The van der Waals surface area contributed by atoms with E-state index >= 15 is 0 Å². The SMILES string of the molecule is O=C1C(=Cc2c(-c3ccccc3)n(CCN3CCOCC3)c3ccccc23)Oc2cc(O)cc(O)c21. The van der Waals surface area contributed by atoms with Crippen LogP contribution in [0.25, 0.3) is 28.2 Å². The van der Waals surface area contributed by atoms with Gasteiger partial charge in [0.2, 0.25) is 5.78 Å². The van der Waals surface area contributed by atoms with Gasteiger partial charge in [0.1, 0.15) is 22.8 Å². The van der Waals surface area contributed by atoms with Crippen molar-refractivity contribution in [2.45, 2.75) is 6.54 Å². The summed E-state index contributed by atoms with van der Waals surface area (Å²) in [6, 6.07) is 20.8. The number of nitrogens with zero attached hydrogens (tertiary/aromatic N) is 2. The molecule has 0 unspecified atom stereocenters. The summed E-state index contributed by atoms with van der Waals surface area (Å²) in [6.07, 6.45) is 1.76. The molecule has 0 spiro atoms. The van der Waals surface area contributed by atoms with E-state index in [1.165, 1.54) is 6.07 Å². The number of morpholine rings is 1. The third kappa shape index (κ3) is 3.92. The first-order valence-electron chi connectivity index (χ1n) is 12.1. The van der Waals surface area contributed by atoms with Crippen molar-refractivity contribution in [3.63, 3.8) is 0 Å². The molecule has 0 atom stereocenters. The number of rotatable bonds is 5. The third-order valence-electron chi connectivity index (χ3n) is 6.81. The molecule has 7 heteroatoms. The van der Waals surface area contributed by atoms with Gasteiger partial charge in [0.05, 0.1) is 18.9 Å². The molecule has 0 amide bonds. The molecule has 2 aliphatic rings. The van der Waals surface area contributed by atoms with Crippen molar-refractivity contribution < 1.29 is 24.5 Å². The number of Topliss-reactive ketones (excluding diaryl/α,β-unsaturated/α-hetero) is 1. The number of phenolic OH excluding ortho intramolecular Hbond substituents is 2. The van der Waals surface area contributed by atoms with Gasteiger partial charge in [-0.15, -0.1) is 0 Å². The number of carbonyl (C=O) groups is 1. The average molecular weight is 483 g/mol. The maximum Gasteiger partial charge on any atom is 0.235 e. The van der Waals surface area contributed by atoms with Gasteiger partial charge in [-0.1, -0.05) is 48.5 Å². The summed E-state index contributed by atoms with van der Waals surface area (Å²) in [5, 5.41) is 21.1. The van der Waals surface area contributed by atoms with Crippen LogP contribution in [0.5, 0.6) is 17.2 Å². The number of aromatic nitrogens is 1. The molecular weight excluding hydrogens is 456 g/mol. The quantitative estimate of drug-likeness (QED) is 0.402. The molecule has 1 fully saturated rings. The Hall–Kier alpha value is -4.07. The summed E-state index contributed by atoms with van der Waals surface area (Å²) in [7, 11) is 0. The Morgan fingerprint density at radius 2 is 1.67 bits per heavy atom. The van der Waals surface area contributed by atoms with E-state index in [4.69, 9.17) is 9.47 Å². The number of carbonyl (C=O) groups excluding carboxylic acids is 1. The van der Waals surface area contributed by atoms with E-state index in [1.807, 2.05) is 30.3 Å². The Bertz CT molecular complexity index is 1480.